The van der Waals surface area contributed by atoms with Gasteiger partial charge in [0.25, 0.3) is 0 Å². The molecule has 0 atom stereocenters. The molecule has 0 unspecified atom stereocenters. The average Bonchev–Trinajstić information content (AvgIpc) is 2.92. The van der Waals surface area contributed by atoms with E-state index in [-0.39, 0.29) is 0 Å². The Bertz CT molecular complexity index is 979. The largest absolute Gasteiger partial charge is 0.477 e. The minimum Gasteiger partial charge on any atom is -0.477 e. The van der Waals surface area contributed by atoms with Gasteiger partial charge in [-0.3, -0.25) is 4.90 Å². The minimum absolute atomic E-state index is 0.374. The van der Waals surface area contributed by atoms with Crippen LogP contribution in [0.5, 0.6) is 5.75 Å². The number of hydrogen-bond donors (Lipinski definition) is 0. The van der Waals surface area contributed by atoms with Crippen molar-refractivity contribution in [1.29, 1.82) is 5.26 Å². The topological polar surface area (TPSA) is 49.4 Å². The summed E-state index contributed by atoms with van der Waals surface area (Å²) in [5.74, 6) is 1.28. The molecule has 4 nitrogen and oxygen atoms in total. The fraction of sp³-hybridized carbons (Fsp3) is 0.211. The first kappa shape index (κ1) is 13.9. The number of ether oxygens (including phenoxy) is 1. The van der Waals surface area contributed by atoms with E-state index in [0.29, 0.717) is 12.5 Å². The molecule has 0 radical (unpaired) electrons. The number of benzene rings is 2. The molecule has 1 aromatic heterocycles. The summed E-state index contributed by atoms with van der Waals surface area (Å²) in [7, 11) is 0. The molecule has 0 N–H and O–H groups in total. The number of rotatable bonds is 2. The third-order valence-electron chi connectivity index (χ3n) is 4.40. The van der Waals surface area contributed by atoms with Crippen LogP contribution >= 0.6 is 0 Å². The lowest BCUT2D eigenvalue weighted by Crippen LogP contribution is -2.32. The highest BCUT2D eigenvalue weighted by Gasteiger charge is 2.26. The summed E-state index contributed by atoms with van der Waals surface area (Å²) in [4.78, 5) is 2.17. The van der Waals surface area contributed by atoms with Gasteiger partial charge in [-0.25, -0.2) is 0 Å². The maximum atomic E-state index is 9.33. The van der Waals surface area contributed by atoms with Gasteiger partial charge in [0.2, 0.25) is 5.76 Å². The average molecular weight is 304 g/mol. The van der Waals surface area contributed by atoms with Crippen molar-refractivity contribution >= 4 is 21.7 Å². The Morgan fingerprint density at radius 1 is 1.35 bits per heavy atom. The molecular weight excluding hydrogens is 288 g/mol. The molecule has 4 rings (SSSR count). The second-order valence-corrected chi connectivity index (χ2v) is 5.80. The van der Waals surface area contributed by atoms with E-state index in [1.165, 1.54) is 0 Å². The summed E-state index contributed by atoms with van der Waals surface area (Å²) in [6, 6.07) is 10.2. The molecule has 2 heterocycles. The summed E-state index contributed by atoms with van der Waals surface area (Å²) in [5, 5.41) is 12.4. The lowest BCUT2D eigenvalue weighted by molar-refractivity contribution is 0.110. The SMILES string of the molecule is C=CCN1COc2c(c3c(C)c(C#N)oc3c3ccccc23)C1. The highest BCUT2D eigenvalue weighted by molar-refractivity contribution is 6.11. The zero-order valence-electron chi connectivity index (χ0n) is 12.9. The van der Waals surface area contributed by atoms with Gasteiger partial charge in [-0.15, -0.1) is 6.58 Å². The molecule has 1 aliphatic rings. The summed E-state index contributed by atoms with van der Waals surface area (Å²) < 4.78 is 11.9. The number of hydrogen-bond acceptors (Lipinski definition) is 4. The first-order chi connectivity index (χ1) is 11.2. The second-order valence-electron chi connectivity index (χ2n) is 5.80. The van der Waals surface area contributed by atoms with Crippen molar-refractivity contribution in [2.24, 2.45) is 0 Å². The molecule has 0 fully saturated rings. The molecule has 0 saturated heterocycles. The maximum Gasteiger partial charge on any atom is 0.207 e. The molecule has 0 amide bonds. The van der Waals surface area contributed by atoms with Crippen molar-refractivity contribution in [2.45, 2.75) is 13.5 Å². The minimum atomic E-state index is 0.374. The van der Waals surface area contributed by atoms with E-state index in [0.717, 1.165) is 51.7 Å². The van der Waals surface area contributed by atoms with Gasteiger partial charge in [-0.2, -0.15) is 5.26 Å². The van der Waals surface area contributed by atoms with Gasteiger partial charge in [-0.05, 0) is 6.92 Å². The van der Waals surface area contributed by atoms with Crippen molar-refractivity contribution in [2.75, 3.05) is 13.3 Å². The van der Waals surface area contributed by atoms with Gasteiger partial charge < -0.3 is 9.15 Å². The van der Waals surface area contributed by atoms with Crippen molar-refractivity contribution < 1.29 is 9.15 Å². The number of aryl methyl sites for hydroxylation is 1. The maximum absolute atomic E-state index is 9.33. The lowest BCUT2D eigenvalue weighted by atomic mass is 9.97. The highest BCUT2D eigenvalue weighted by Crippen LogP contribution is 2.43. The van der Waals surface area contributed by atoms with E-state index in [1.807, 2.05) is 37.3 Å². The molecule has 0 saturated carbocycles. The van der Waals surface area contributed by atoms with Crippen molar-refractivity contribution in [1.82, 2.24) is 4.90 Å². The highest BCUT2D eigenvalue weighted by atomic mass is 16.5. The predicted octanol–water partition coefficient (Wildman–Crippen LogP) is 4.10. The summed E-state index contributed by atoms with van der Waals surface area (Å²) in [6.45, 7) is 7.79. The van der Waals surface area contributed by atoms with Crippen molar-refractivity contribution in [3.05, 3.63) is 53.8 Å². The normalized spacial score (nSPS) is 14.4. The number of fused-ring (bicyclic) bond motifs is 6. The van der Waals surface area contributed by atoms with Crippen LogP contribution in [0, 0.1) is 18.3 Å². The molecule has 4 heteroatoms. The molecular formula is C19H16N2O2. The Balaban J connectivity index is 2.11. The Kier molecular flexibility index (Phi) is 3.10. The first-order valence-corrected chi connectivity index (χ1v) is 7.57. The third kappa shape index (κ3) is 1.94. The molecule has 1 aliphatic heterocycles. The Labute approximate surface area is 134 Å². The molecule has 0 spiro atoms. The van der Waals surface area contributed by atoms with Crippen LogP contribution in [0.4, 0.5) is 0 Å². The predicted molar refractivity (Wildman–Crippen MR) is 89.3 cm³/mol. The van der Waals surface area contributed by atoms with Crippen molar-refractivity contribution in [3.8, 4) is 11.8 Å². The van der Waals surface area contributed by atoms with Crippen LogP contribution in [0.2, 0.25) is 0 Å². The van der Waals surface area contributed by atoms with Crippen LogP contribution in [-0.4, -0.2) is 18.2 Å². The van der Waals surface area contributed by atoms with E-state index in [1.54, 1.807) is 0 Å². The number of nitrogens with zero attached hydrogens (tertiary/aromatic N) is 2. The van der Waals surface area contributed by atoms with Crippen LogP contribution < -0.4 is 4.74 Å². The van der Waals surface area contributed by atoms with E-state index in [9.17, 15) is 5.26 Å². The van der Waals surface area contributed by atoms with E-state index in [2.05, 4.69) is 17.5 Å². The zero-order chi connectivity index (χ0) is 16.0. The van der Waals surface area contributed by atoms with Gasteiger partial charge in [0.15, 0.2) is 0 Å². The van der Waals surface area contributed by atoms with E-state index in [4.69, 9.17) is 9.15 Å². The van der Waals surface area contributed by atoms with Gasteiger partial charge >= 0.3 is 0 Å². The molecule has 114 valence electrons. The quantitative estimate of drug-likeness (QED) is 0.669. The summed E-state index contributed by atoms with van der Waals surface area (Å²) in [5.41, 5.74) is 2.75. The standard InChI is InChI=1S/C19H16N2O2/c1-3-8-21-10-15-17-12(2)16(9-20)23-19(17)14-7-5-4-6-13(14)18(15)22-11-21/h3-7H,1,8,10-11H2,2H3. The lowest BCUT2D eigenvalue weighted by Gasteiger charge is -2.29. The van der Waals surface area contributed by atoms with Crippen LogP contribution in [0.15, 0.2) is 41.3 Å². The second kappa shape index (κ2) is 5.15. The fourth-order valence-electron chi connectivity index (χ4n) is 3.37. The summed E-state index contributed by atoms with van der Waals surface area (Å²) >= 11 is 0. The molecule has 23 heavy (non-hydrogen) atoms. The smallest absolute Gasteiger partial charge is 0.207 e. The summed E-state index contributed by atoms with van der Waals surface area (Å²) in [6.07, 6.45) is 1.87. The molecule has 0 aliphatic carbocycles. The van der Waals surface area contributed by atoms with Gasteiger partial charge in [-0.1, -0.05) is 30.3 Å². The first-order valence-electron chi connectivity index (χ1n) is 7.57. The van der Waals surface area contributed by atoms with Crippen LogP contribution in [0.3, 0.4) is 0 Å². The molecule has 0 bridgehead atoms. The van der Waals surface area contributed by atoms with Crippen LogP contribution in [0.25, 0.3) is 21.7 Å². The fourth-order valence-corrected chi connectivity index (χ4v) is 3.37. The Morgan fingerprint density at radius 2 is 2.13 bits per heavy atom. The number of furan rings is 1. The number of nitriles is 1. The van der Waals surface area contributed by atoms with Gasteiger partial charge in [0.05, 0.1) is 0 Å². The third-order valence-corrected chi connectivity index (χ3v) is 4.40. The van der Waals surface area contributed by atoms with Gasteiger partial charge in [0.1, 0.15) is 24.1 Å². The monoisotopic (exact) mass is 304 g/mol. The van der Waals surface area contributed by atoms with Crippen LogP contribution in [0.1, 0.15) is 16.9 Å². The van der Waals surface area contributed by atoms with Gasteiger partial charge in [0, 0.05) is 40.4 Å². The zero-order valence-corrected chi connectivity index (χ0v) is 12.9. The van der Waals surface area contributed by atoms with Crippen LogP contribution in [-0.2, 0) is 6.54 Å². The Hall–Kier alpha value is -2.77. The van der Waals surface area contributed by atoms with E-state index < -0.39 is 0 Å². The van der Waals surface area contributed by atoms with E-state index >= 15 is 0 Å². The van der Waals surface area contributed by atoms with Crippen molar-refractivity contribution in [3.63, 3.8) is 0 Å². The molecule has 3 aromatic rings. The Morgan fingerprint density at radius 3 is 2.87 bits per heavy atom. The molecule has 2 aromatic carbocycles.